The van der Waals surface area contributed by atoms with Crippen LogP contribution >= 0.6 is 0 Å². The van der Waals surface area contributed by atoms with Gasteiger partial charge in [-0.25, -0.2) is 0 Å². The van der Waals surface area contributed by atoms with Crippen LogP contribution in [0, 0.1) is 5.41 Å². The second-order valence-corrected chi connectivity index (χ2v) is 4.62. The van der Waals surface area contributed by atoms with Crippen LogP contribution in [0.25, 0.3) is 0 Å². The summed E-state index contributed by atoms with van der Waals surface area (Å²) >= 11 is 0. The first-order valence-corrected chi connectivity index (χ1v) is 5.65. The molecular weight excluding hydrogens is 184 g/mol. The molecule has 1 aromatic carbocycles. The summed E-state index contributed by atoms with van der Waals surface area (Å²) in [7, 11) is 0. The summed E-state index contributed by atoms with van der Waals surface area (Å²) in [5.41, 5.74) is 1.87. The van der Waals surface area contributed by atoms with Gasteiger partial charge in [-0.2, -0.15) is 0 Å². The zero-order valence-electron chi connectivity index (χ0n) is 10.1. The Bertz CT molecular complexity index is 333. The number of hydrogen-bond donors (Lipinski definition) is 0. The molecule has 1 aromatic rings. The van der Waals surface area contributed by atoms with Gasteiger partial charge in [-0.1, -0.05) is 52.0 Å². The average Bonchev–Trinajstić information content (AvgIpc) is 2.28. The Morgan fingerprint density at radius 3 is 2.07 bits per heavy atom. The molecule has 0 spiro atoms. The molecule has 0 heterocycles. The molecule has 0 unspecified atom stereocenters. The Labute approximate surface area is 92.5 Å². The lowest BCUT2D eigenvalue weighted by Crippen LogP contribution is -2.23. The highest BCUT2D eigenvalue weighted by molar-refractivity contribution is 6.00. The van der Waals surface area contributed by atoms with Gasteiger partial charge in [0.15, 0.2) is 5.78 Å². The third kappa shape index (κ3) is 2.68. The second kappa shape index (κ2) is 4.61. The lowest BCUT2D eigenvalue weighted by molar-refractivity contribution is 0.0833. The van der Waals surface area contributed by atoms with Gasteiger partial charge in [0.05, 0.1) is 0 Å². The Hall–Kier alpha value is -1.11. The van der Waals surface area contributed by atoms with Gasteiger partial charge in [0.1, 0.15) is 0 Å². The molecule has 0 aliphatic carbocycles. The molecule has 15 heavy (non-hydrogen) atoms. The number of hydrogen-bond acceptors (Lipinski definition) is 1. The zero-order chi connectivity index (χ0) is 11.5. The van der Waals surface area contributed by atoms with E-state index in [0.717, 1.165) is 18.4 Å². The average molecular weight is 204 g/mol. The molecule has 0 amide bonds. The maximum absolute atomic E-state index is 12.1. The van der Waals surface area contributed by atoms with Crippen LogP contribution in [0.15, 0.2) is 24.3 Å². The van der Waals surface area contributed by atoms with Crippen LogP contribution in [-0.2, 0) is 6.42 Å². The molecule has 0 aromatic heterocycles. The molecular formula is C14H20O. The van der Waals surface area contributed by atoms with Gasteiger partial charge in [0.25, 0.3) is 0 Å². The fourth-order valence-corrected chi connectivity index (χ4v) is 1.44. The van der Waals surface area contributed by atoms with Crippen molar-refractivity contribution in [2.45, 2.75) is 40.5 Å². The van der Waals surface area contributed by atoms with E-state index in [-0.39, 0.29) is 11.2 Å². The molecule has 0 fully saturated rings. The molecule has 0 saturated carbocycles. The largest absolute Gasteiger partial charge is 0.294 e. The Morgan fingerprint density at radius 2 is 1.67 bits per heavy atom. The van der Waals surface area contributed by atoms with Crippen molar-refractivity contribution in [1.82, 2.24) is 0 Å². The van der Waals surface area contributed by atoms with Crippen LogP contribution in [-0.4, -0.2) is 5.78 Å². The van der Waals surface area contributed by atoms with E-state index in [0.29, 0.717) is 0 Å². The van der Waals surface area contributed by atoms with Gasteiger partial charge in [-0.05, 0) is 18.4 Å². The first kappa shape index (κ1) is 12.0. The standard InChI is InChI=1S/C14H20O/c1-5-11-7-9-12(10-8-11)13(15)14(3,4)6-2/h7-10H,5-6H2,1-4H3. The molecule has 0 aliphatic rings. The molecule has 1 rings (SSSR count). The second-order valence-electron chi connectivity index (χ2n) is 4.62. The highest BCUT2D eigenvalue weighted by Crippen LogP contribution is 2.25. The van der Waals surface area contributed by atoms with Crippen LogP contribution in [0.3, 0.4) is 0 Å². The van der Waals surface area contributed by atoms with Gasteiger partial charge in [0, 0.05) is 11.0 Å². The van der Waals surface area contributed by atoms with Crippen molar-refractivity contribution >= 4 is 5.78 Å². The first-order valence-electron chi connectivity index (χ1n) is 5.65. The van der Waals surface area contributed by atoms with Gasteiger partial charge >= 0.3 is 0 Å². The third-order valence-corrected chi connectivity index (χ3v) is 3.12. The van der Waals surface area contributed by atoms with E-state index in [2.05, 4.69) is 13.8 Å². The summed E-state index contributed by atoms with van der Waals surface area (Å²) in [4.78, 5) is 12.1. The van der Waals surface area contributed by atoms with Gasteiger partial charge in [-0.15, -0.1) is 0 Å². The third-order valence-electron chi connectivity index (χ3n) is 3.12. The quantitative estimate of drug-likeness (QED) is 0.680. The lowest BCUT2D eigenvalue weighted by Gasteiger charge is -2.20. The molecule has 0 saturated heterocycles. The normalized spacial score (nSPS) is 11.5. The summed E-state index contributed by atoms with van der Waals surface area (Å²) in [6.45, 7) is 8.18. The molecule has 1 heteroatoms. The smallest absolute Gasteiger partial charge is 0.168 e. The van der Waals surface area contributed by atoms with Crippen molar-refractivity contribution in [1.29, 1.82) is 0 Å². The van der Waals surface area contributed by atoms with Crippen molar-refractivity contribution in [3.8, 4) is 0 Å². The minimum atomic E-state index is -0.242. The fourth-order valence-electron chi connectivity index (χ4n) is 1.44. The number of aryl methyl sites for hydroxylation is 1. The molecule has 0 radical (unpaired) electrons. The first-order chi connectivity index (χ1) is 7.01. The number of Topliss-reactive ketones (excluding diaryl/α,β-unsaturated/α-hetero) is 1. The Balaban J connectivity index is 2.92. The number of ketones is 1. The van der Waals surface area contributed by atoms with E-state index in [9.17, 15) is 4.79 Å². The summed E-state index contributed by atoms with van der Waals surface area (Å²) in [5, 5.41) is 0. The summed E-state index contributed by atoms with van der Waals surface area (Å²) in [6.07, 6.45) is 1.90. The van der Waals surface area contributed by atoms with Crippen LogP contribution in [0.2, 0.25) is 0 Å². The van der Waals surface area contributed by atoms with Crippen molar-refractivity contribution in [2.75, 3.05) is 0 Å². The number of rotatable bonds is 4. The fraction of sp³-hybridized carbons (Fsp3) is 0.500. The summed E-state index contributed by atoms with van der Waals surface area (Å²) in [6, 6.07) is 7.97. The molecule has 0 bridgehead atoms. The predicted molar refractivity (Wildman–Crippen MR) is 64.2 cm³/mol. The van der Waals surface area contributed by atoms with Gasteiger partial charge in [-0.3, -0.25) is 4.79 Å². The van der Waals surface area contributed by atoms with Crippen molar-refractivity contribution in [3.63, 3.8) is 0 Å². The highest BCUT2D eigenvalue weighted by atomic mass is 16.1. The summed E-state index contributed by atoms with van der Waals surface area (Å²) in [5.74, 6) is 0.243. The Morgan fingerprint density at radius 1 is 1.13 bits per heavy atom. The van der Waals surface area contributed by atoms with E-state index in [4.69, 9.17) is 0 Å². The van der Waals surface area contributed by atoms with E-state index in [1.54, 1.807) is 0 Å². The zero-order valence-corrected chi connectivity index (χ0v) is 10.1. The van der Waals surface area contributed by atoms with Gasteiger partial charge in [0.2, 0.25) is 0 Å². The maximum Gasteiger partial charge on any atom is 0.168 e. The maximum atomic E-state index is 12.1. The SMILES string of the molecule is CCc1ccc(C(=O)C(C)(C)CC)cc1. The summed E-state index contributed by atoms with van der Waals surface area (Å²) < 4.78 is 0. The monoisotopic (exact) mass is 204 g/mol. The van der Waals surface area contributed by atoms with E-state index >= 15 is 0 Å². The van der Waals surface area contributed by atoms with Crippen LogP contribution < -0.4 is 0 Å². The van der Waals surface area contributed by atoms with Gasteiger partial charge < -0.3 is 0 Å². The van der Waals surface area contributed by atoms with Crippen LogP contribution in [0.5, 0.6) is 0 Å². The highest BCUT2D eigenvalue weighted by Gasteiger charge is 2.26. The Kier molecular flexibility index (Phi) is 3.67. The van der Waals surface area contributed by atoms with Crippen molar-refractivity contribution in [3.05, 3.63) is 35.4 Å². The minimum absolute atomic E-state index is 0.242. The van der Waals surface area contributed by atoms with E-state index in [1.165, 1.54) is 5.56 Å². The minimum Gasteiger partial charge on any atom is -0.294 e. The van der Waals surface area contributed by atoms with Crippen LogP contribution in [0.4, 0.5) is 0 Å². The number of carbonyl (C=O) groups is 1. The van der Waals surface area contributed by atoms with E-state index < -0.39 is 0 Å². The van der Waals surface area contributed by atoms with E-state index in [1.807, 2.05) is 38.1 Å². The molecule has 82 valence electrons. The molecule has 0 N–H and O–H groups in total. The predicted octanol–water partition coefficient (Wildman–Crippen LogP) is 3.87. The molecule has 1 nitrogen and oxygen atoms in total. The van der Waals surface area contributed by atoms with Crippen molar-refractivity contribution in [2.24, 2.45) is 5.41 Å². The topological polar surface area (TPSA) is 17.1 Å². The lowest BCUT2D eigenvalue weighted by atomic mass is 9.82. The number of carbonyl (C=O) groups excluding carboxylic acids is 1. The number of benzene rings is 1. The molecule has 0 aliphatic heterocycles. The van der Waals surface area contributed by atoms with Crippen LogP contribution in [0.1, 0.15) is 50.0 Å². The van der Waals surface area contributed by atoms with Crippen molar-refractivity contribution < 1.29 is 4.79 Å². The molecule has 0 atom stereocenters.